The molecule has 5 atom stereocenters. The molecule has 1 saturated carbocycles. The average Bonchev–Trinajstić information content (AvgIpc) is 3.48. The summed E-state index contributed by atoms with van der Waals surface area (Å²) in [6.45, 7) is 5.67. The first-order chi connectivity index (χ1) is 18.9. The fourth-order valence-electron chi connectivity index (χ4n) is 7.56. The fraction of sp³-hybridized carbons (Fsp3) is 0.581. The Labute approximate surface area is 230 Å². The number of aromatic nitrogens is 1. The molecule has 0 N–H and O–H groups in total. The first-order valence-corrected chi connectivity index (χ1v) is 14.3. The van der Waals surface area contributed by atoms with Gasteiger partial charge >= 0.3 is 6.09 Å². The molecule has 1 aromatic heterocycles. The summed E-state index contributed by atoms with van der Waals surface area (Å²) in [6.07, 6.45) is 6.18. The van der Waals surface area contributed by atoms with Gasteiger partial charge in [-0.3, -0.25) is 9.78 Å². The Morgan fingerprint density at radius 2 is 2.05 bits per heavy atom. The maximum Gasteiger partial charge on any atom is 0.415 e. The Bertz CT molecular complexity index is 1210. The Balaban J connectivity index is 1.22. The smallest absolute Gasteiger partial charge is 0.410 e. The van der Waals surface area contributed by atoms with Crippen molar-refractivity contribution in [1.29, 1.82) is 0 Å². The van der Waals surface area contributed by atoms with E-state index in [0.717, 1.165) is 55.5 Å². The third-order valence-electron chi connectivity index (χ3n) is 9.44. The molecule has 0 radical (unpaired) electrons. The molecule has 6 rings (SSSR count). The van der Waals surface area contributed by atoms with E-state index in [0.29, 0.717) is 50.4 Å². The lowest BCUT2D eigenvalue weighted by molar-refractivity contribution is -0.144. The summed E-state index contributed by atoms with van der Waals surface area (Å²) in [5, 5.41) is 0. The van der Waals surface area contributed by atoms with E-state index in [1.807, 2.05) is 36.2 Å². The van der Waals surface area contributed by atoms with Gasteiger partial charge in [0.05, 0.1) is 18.1 Å². The third kappa shape index (κ3) is 5.16. The summed E-state index contributed by atoms with van der Waals surface area (Å²) in [7, 11) is 1.77. The zero-order chi connectivity index (χ0) is 27.0. The molecule has 8 heteroatoms. The number of fused-ring (bicyclic) bond motifs is 2. The Morgan fingerprint density at radius 3 is 2.87 bits per heavy atom. The van der Waals surface area contributed by atoms with Crippen molar-refractivity contribution in [1.82, 2.24) is 14.8 Å². The van der Waals surface area contributed by atoms with E-state index < -0.39 is 5.41 Å². The SMILES string of the molecule is COC1COCCC1C[C@@H]1C[C@H]2CN(C(=O)Oc3ccccc3)C[C@@]2(C(=O)N2CCc3ncc(C)cc3C2)C1. The highest BCUT2D eigenvalue weighted by Gasteiger charge is 2.60. The molecule has 2 unspecified atom stereocenters. The van der Waals surface area contributed by atoms with Crippen molar-refractivity contribution in [3.05, 3.63) is 59.4 Å². The highest BCUT2D eigenvalue weighted by molar-refractivity contribution is 5.86. The van der Waals surface area contributed by atoms with Gasteiger partial charge in [0.2, 0.25) is 5.91 Å². The lowest BCUT2D eigenvalue weighted by Gasteiger charge is -2.37. The second-order valence-corrected chi connectivity index (χ2v) is 11.9. The normalized spacial score (nSPS) is 30.1. The van der Waals surface area contributed by atoms with E-state index in [-0.39, 0.29) is 24.0 Å². The van der Waals surface area contributed by atoms with Crippen LogP contribution in [-0.4, -0.2) is 72.8 Å². The minimum Gasteiger partial charge on any atom is -0.410 e. The number of benzene rings is 1. The number of likely N-dealkylation sites (tertiary alicyclic amines) is 1. The zero-order valence-corrected chi connectivity index (χ0v) is 23.0. The molecule has 2 saturated heterocycles. The van der Waals surface area contributed by atoms with Crippen molar-refractivity contribution in [3.8, 4) is 5.75 Å². The topological polar surface area (TPSA) is 81.2 Å². The van der Waals surface area contributed by atoms with Gasteiger partial charge in [0.15, 0.2) is 0 Å². The van der Waals surface area contributed by atoms with Crippen molar-refractivity contribution >= 4 is 12.0 Å². The summed E-state index contributed by atoms with van der Waals surface area (Å²) in [5.74, 6) is 1.70. The Morgan fingerprint density at radius 1 is 1.21 bits per heavy atom. The Kier molecular flexibility index (Phi) is 7.33. The van der Waals surface area contributed by atoms with Crippen molar-refractivity contribution in [2.24, 2.45) is 23.2 Å². The predicted octanol–water partition coefficient (Wildman–Crippen LogP) is 4.24. The standard InChI is InChI=1S/C31H39N3O5/c1-21-12-24-17-33(10-8-27(24)32-16-21)29(35)31-15-22(13-23-9-11-38-19-28(23)37-2)14-25(31)18-34(20-31)30(36)39-26-6-4-3-5-7-26/h3-7,12,16,22-23,25,28H,8-11,13-15,17-20H2,1-2H3/t22-,23?,25+,28?,31+/m1/s1. The Hall–Kier alpha value is -2.97. The van der Waals surface area contributed by atoms with Gasteiger partial charge in [-0.25, -0.2) is 4.79 Å². The number of methoxy groups -OCH3 is 1. The van der Waals surface area contributed by atoms with E-state index in [9.17, 15) is 9.59 Å². The number of pyridine rings is 1. The molecule has 208 valence electrons. The largest absolute Gasteiger partial charge is 0.415 e. The number of para-hydroxylation sites is 1. The van der Waals surface area contributed by atoms with Crippen LogP contribution in [0.4, 0.5) is 4.79 Å². The summed E-state index contributed by atoms with van der Waals surface area (Å²) < 4.78 is 17.1. The number of hydrogen-bond acceptors (Lipinski definition) is 6. The summed E-state index contributed by atoms with van der Waals surface area (Å²) in [6, 6.07) is 11.3. The first kappa shape index (κ1) is 26.3. The first-order valence-electron chi connectivity index (χ1n) is 14.3. The number of aryl methyl sites for hydroxylation is 1. The molecular formula is C31H39N3O5. The summed E-state index contributed by atoms with van der Waals surface area (Å²) >= 11 is 0. The molecule has 4 aliphatic rings. The van der Waals surface area contributed by atoms with Gasteiger partial charge in [0, 0.05) is 58.2 Å². The predicted molar refractivity (Wildman–Crippen MR) is 145 cm³/mol. The quantitative estimate of drug-likeness (QED) is 0.572. The molecule has 4 heterocycles. The zero-order valence-electron chi connectivity index (χ0n) is 23.0. The molecule has 0 spiro atoms. The van der Waals surface area contributed by atoms with Crippen molar-refractivity contribution < 1.29 is 23.8 Å². The number of carbonyl (C=O) groups is 2. The van der Waals surface area contributed by atoms with E-state index >= 15 is 0 Å². The second-order valence-electron chi connectivity index (χ2n) is 11.9. The minimum atomic E-state index is -0.580. The van der Waals surface area contributed by atoms with Crippen molar-refractivity contribution in [3.63, 3.8) is 0 Å². The van der Waals surface area contributed by atoms with Crippen LogP contribution in [0.5, 0.6) is 5.75 Å². The van der Waals surface area contributed by atoms with Crippen LogP contribution in [-0.2, 0) is 27.2 Å². The number of nitrogens with zero attached hydrogens (tertiary/aromatic N) is 3. The lowest BCUT2D eigenvalue weighted by atomic mass is 9.78. The van der Waals surface area contributed by atoms with Gasteiger partial charge in [0.1, 0.15) is 5.75 Å². The van der Waals surface area contributed by atoms with Gasteiger partial charge < -0.3 is 24.0 Å². The van der Waals surface area contributed by atoms with E-state index in [1.54, 1.807) is 24.1 Å². The van der Waals surface area contributed by atoms with E-state index in [2.05, 4.69) is 11.1 Å². The molecule has 0 bridgehead atoms. The second kappa shape index (κ2) is 10.9. The number of rotatable bonds is 5. The van der Waals surface area contributed by atoms with Crippen LogP contribution in [0.2, 0.25) is 0 Å². The van der Waals surface area contributed by atoms with Gasteiger partial charge in [-0.15, -0.1) is 0 Å². The van der Waals surface area contributed by atoms with Gasteiger partial charge in [-0.1, -0.05) is 24.3 Å². The number of amides is 2. The number of carbonyl (C=O) groups excluding carboxylic acids is 2. The summed E-state index contributed by atoms with van der Waals surface area (Å²) in [5.41, 5.74) is 2.76. The van der Waals surface area contributed by atoms with Crippen LogP contribution in [0.15, 0.2) is 42.6 Å². The van der Waals surface area contributed by atoms with Crippen molar-refractivity contribution in [2.45, 2.75) is 51.7 Å². The van der Waals surface area contributed by atoms with Crippen LogP contribution in [0.25, 0.3) is 0 Å². The summed E-state index contributed by atoms with van der Waals surface area (Å²) in [4.78, 5) is 36.1. The van der Waals surface area contributed by atoms with Gasteiger partial charge in [-0.05, 0) is 73.6 Å². The maximum absolute atomic E-state index is 14.5. The monoisotopic (exact) mass is 533 g/mol. The van der Waals surface area contributed by atoms with E-state index in [4.69, 9.17) is 14.2 Å². The molecular weight excluding hydrogens is 494 g/mol. The van der Waals surface area contributed by atoms with Crippen LogP contribution in [0, 0.1) is 30.1 Å². The molecule has 2 aromatic rings. The highest BCUT2D eigenvalue weighted by atomic mass is 16.6. The highest BCUT2D eigenvalue weighted by Crippen LogP contribution is 2.54. The maximum atomic E-state index is 14.5. The van der Waals surface area contributed by atoms with Crippen molar-refractivity contribution in [2.75, 3.05) is 40.0 Å². The van der Waals surface area contributed by atoms with Crippen LogP contribution < -0.4 is 4.74 Å². The van der Waals surface area contributed by atoms with Crippen LogP contribution in [0.3, 0.4) is 0 Å². The lowest BCUT2D eigenvalue weighted by Crippen LogP contribution is -2.49. The molecule has 1 aliphatic carbocycles. The molecule has 3 fully saturated rings. The number of hydrogen-bond donors (Lipinski definition) is 0. The van der Waals surface area contributed by atoms with E-state index in [1.165, 1.54) is 0 Å². The van der Waals surface area contributed by atoms with Crippen LogP contribution in [0.1, 0.15) is 42.5 Å². The molecule has 3 aliphatic heterocycles. The van der Waals surface area contributed by atoms with Crippen LogP contribution >= 0.6 is 0 Å². The average molecular weight is 534 g/mol. The van der Waals surface area contributed by atoms with Gasteiger partial charge in [-0.2, -0.15) is 0 Å². The number of ether oxygens (including phenoxy) is 3. The molecule has 2 amide bonds. The minimum absolute atomic E-state index is 0.109. The van der Waals surface area contributed by atoms with Gasteiger partial charge in [0.25, 0.3) is 0 Å². The molecule has 39 heavy (non-hydrogen) atoms. The molecule has 1 aromatic carbocycles. The fourth-order valence-corrected chi connectivity index (χ4v) is 7.56. The molecule has 8 nitrogen and oxygen atoms in total. The third-order valence-corrected chi connectivity index (χ3v) is 9.44.